The molecule has 2 aromatic rings. The van der Waals surface area contributed by atoms with Crippen LogP contribution in [0.1, 0.15) is 18.1 Å². The molecule has 2 aromatic carbocycles. The lowest BCUT2D eigenvalue weighted by Gasteiger charge is -2.26. The zero-order valence-corrected chi connectivity index (χ0v) is 10.6. The van der Waals surface area contributed by atoms with Gasteiger partial charge in [0.2, 0.25) is 0 Å². The highest BCUT2D eigenvalue weighted by molar-refractivity contribution is 6.68. The molecule has 0 fully saturated rings. The van der Waals surface area contributed by atoms with Crippen LogP contribution in [0.15, 0.2) is 54.6 Å². The van der Waals surface area contributed by atoms with E-state index < -0.39 is 0 Å². The van der Waals surface area contributed by atoms with Crippen LogP contribution >= 0.6 is 0 Å². The van der Waals surface area contributed by atoms with Gasteiger partial charge in [0.1, 0.15) is 0 Å². The van der Waals surface area contributed by atoms with Gasteiger partial charge in [-0.05, 0) is 34.7 Å². The average Bonchev–Trinajstić information content (AvgIpc) is 2.63. The molecule has 0 aliphatic carbocycles. The Morgan fingerprint density at radius 2 is 1.72 bits per heavy atom. The van der Waals surface area contributed by atoms with Crippen molar-refractivity contribution < 1.29 is 5.02 Å². The topological polar surface area (TPSA) is 20.2 Å². The third-order valence-electron chi connectivity index (χ3n) is 4.05. The highest BCUT2D eigenvalue weighted by Gasteiger charge is 2.41. The Balaban J connectivity index is 1.97. The molecule has 0 bridgehead atoms. The largest absolute Gasteiger partial charge is 0.446 e. The number of hydrogen-bond acceptors (Lipinski definition) is 1. The Morgan fingerprint density at radius 1 is 1.06 bits per heavy atom. The van der Waals surface area contributed by atoms with E-state index in [9.17, 15) is 5.02 Å². The molecule has 0 radical (unpaired) electrons. The predicted molar refractivity (Wildman–Crippen MR) is 76.4 cm³/mol. The fraction of sp³-hybridized carbons (Fsp3) is 0.250. The summed E-state index contributed by atoms with van der Waals surface area (Å²) < 4.78 is 0. The summed E-state index contributed by atoms with van der Waals surface area (Å²) >= 11 is 0. The molecule has 1 aliphatic rings. The van der Waals surface area contributed by atoms with Crippen LogP contribution < -0.4 is 5.46 Å². The molecular weight excluding hydrogens is 219 g/mol. The van der Waals surface area contributed by atoms with Crippen molar-refractivity contribution >= 4 is 12.4 Å². The fourth-order valence-electron chi connectivity index (χ4n) is 3.20. The highest BCUT2D eigenvalue weighted by atomic mass is 16.2. The minimum Gasteiger partial charge on any atom is -0.446 e. The smallest absolute Gasteiger partial charge is 0.324 e. The van der Waals surface area contributed by atoms with Crippen LogP contribution in [0.3, 0.4) is 0 Å². The zero-order valence-electron chi connectivity index (χ0n) is 10.6. The number of rotatable bonds is 2. The molecule has 1 N–H and O–H groups in total. The van der Waals surface area contributed by atoms with E-state index in [0.29, 0.717) is 0 Å². The van der Waals surface area contributed by atoms with Gasteiger partial charge in [-0.3, -0.25) is 0 Å². The molecule has 0 saturated heterocycles. The van der Waals surface area contributed by atoms with Gasteiger partial charge in [0, 0.05) is 0 Å². The molecule has 90 valence electrons. The highest BCUT2D eigenvalue weighted by Crippen LogP contribution is 2.36. The quantitative estimate of drug-likeness (QED) is 0.794. The summed E-state index contributed by atoms with van der Waals surface area (Å²) in [5.41, 5.74) is 3.80. The minimum atomic E-state index is -0.310. The Hall–Kier alpha value is -1.54. The number of hydrogen-bond donors (Lipinski definition) is 1. The van der Waals surface area contributed by atoms with Gasteiger partial charge in [-0.25, -0.2) is 0 Å². The van der Waals surface area contributed by atoms with Crippen LogP contribution in [-0.4, -0.2) is 11.9 Å². The summed E-state index contributed by atoms with van der Waals surface area (Å²) in [6.45, 7) is 1.95. The SMILES string of the molecule is CC1(Cc2ccccc2)CB(O)c2ccccc21. The van der Waals surface area contributed by atoms with Gasteiger partial charge in [0.15, 0.2) is 0 Å². The first-order valence-corrected chi connectivity index (χ1v) is 6.50. The van der Waals surface area contributed by atoms with Crippen LogP contribution in [0.5, 0.6) is 0 Å². The summed E-state index contributed by atoms with van der Waals surface area (Å²) in [7, 11) is 0. The van der Waals surface area contributed by atoms with E-state index >= 15 is 0 Å². The lowest BCUT2D eigenvalue weighted by atomic mass is 9.60. The van der Waals surface area contributed by atoms with Crippen molar-refractivity contribution in [3.63, 3.8) is 0 Å². The zero-order chi connectivity index (χ0) is 12.6. The lowest BCUT2D eigenvalue weighted by molar-refractivity contribution is 0.503. The first-order valence-electron chi connectivity index (χ1n) is 6.50. The van der Waals surface area contributed by atoms with Crippen LogP contribution in [0.25, 0.3) is 0 Å². The molecule has 1 heterocycles. The Bertz CT molecular complexity index is 552. The predicted octanol–water partition coefficient (Wildman–Crippen LogP) is 2.39. The van der Waals surface area contributed by atoms with Gasteiger partial charge in [-0.1, -0.05) is 61.5 Å². The van der Waals surface area contributed by atoms with Gasteiger partial charge < -0.3 is 5.02 Å². The molecule has 3 rings (SSSR count). The minimum absolute atomic E-state index is 0.0529. The van der Waals surface area contributed by atoms with Crippen molar-refractivity contribution in [3.8, 4) is 0 Å². The van der Waals surface area contributed by atoms with Crippen molar-refractivity contribution in [1.82, 2.24) is 0 Å². The summed E-state index contributed by atoms with van der Waals surface area (Å²) in [4.78, 5) is 0. The number of fused-ring (bicyclic) bond motifs is 1. The standard InChI is InChI=1S/C16H17BO/c1-16(11-13-7-3-2-4-8-13)12-17(18)15-10-6-5-9-14(15)16/h2-10,18H,11-12H2,1H3. The molecular formula is C16H17BO. The molecule has 0 spiro atoms. The maximum Gasteiger partial charge on any atom is 0.324 e. The number of benzene rings is 2. The van der Waals surface area contributed by atoms with E-state index in [1.54, 1.807) is 0 Å². The van der Waals surface area contributed by atoms with Crippen molar-refractivity contribution in [2.24, 2.45) is 0 Å². The molecule has 0 aromatic heterocycles. The first kappa shape index (κ1) is 11.5. The Kier molecular flexibility index (Phi) is 2.75. The van der Waals surface area contributed by atoms with E-state index in [1.165, 1.54) is 11.1 Å². The van der Waals surface area contributed by atoms with E-state index in [1.807, 2.05) is 12.1 Å². The van der Waals surface area contributed by atoms with Crippen LogP contribution in [-0.2, 0) is 11.8 Å². The summed E-state index contributed by atoms with van der Waals surface area (Å²) in [6.07, 6.45) is 1.81. The average molecular weight is 236 g/mol. The third kappa shape index (κ3) is 1.87. The maximum absolute atomic E-state index is 10.2. The van der Waals surface area contributed by atoms with Gasteiger partial charge >= 0.3 is 6.92 Å². The Labute approximate surface area is 109 Å². The molecule has 2 heteroatoms. The summed E-state index contributed by atoms with van der Waals surface area (Å²) in [5, 5.41) is 10.2. The summed E-state index contributed by atoms with van der Waals surface area (Å²) in [5.74, 6) is 0. The summed E-state index contributed by atoms with van der Waals surface area (Å²) in [6, 6.07) is 18.8. The molecule has 0 amide bonds. The van der Waals surface area contributed by atoms with Crippen molar-refractivity contribution in [3.05, 3.63) is 65.7 Å². The monoisotopic (exact) mass is 236 g/mol. The maximum atomic E-state index is 10.2. The fourth-order valence-corrected chi connectivity index (χ4v) is 3.20. The Morgan fingerprint density at radius 3 is 2.50 bits per heavy atom. The van der Waals surface area contributed by atoms with E-state index in [-0.39, 0.29) is 12.3 Å². The second kappa shape index (κ2) is 4.29. The van der Waals surface area contributed by atoms with Gasteiger partial charge in [0.05, 0.1) is 0 Å². The second-order valence-corrected chi connectivity index (χ2v) is 5.53. The van der Waals surface area contributed by atoms with Gasteiger partial charge in [-0.2, -0.15) is 0 Å². The van der Waals surface area contributed by atoms with Crippen LogP contribution in [0, 0.1) is 0 Å². The van der Waals surface area contributed by atoms with E-state index in [0.717, 1.165) is 18.2 Å². The van der Waals surface area contributed by atoms with Crippen molar-refractivity contribution in [2.45, 2.75) is 25.1 Å². The molecule has 0 saturated carbocycles. The van der Waals surface area contributed by atoms with Crippen LogP contribution in [0.2, 0.25) is 6.32 Å². The normalized spacial score (nSPS) is 22.0. The molecule has 1 nitrogen and oxygen atoms in total. The third-order valence-corrected chi connectivity index (χ3v) is 4.05. The molecule has 1 unspecified atom stereocenters. The first-order chi connectivity index (χ1) is 8.69. The molecule has 1 atom stereocenters. The van der Waals surface area contributed by atoms with Crippen LogP contribution in [0.4, 0.5) is 0 Å². The lowest BCUT2D eigenvalue weighted by Crippen LogP contribution is -2.25. The van der Waals surface area contributed by atoms with Crippen molar-refractivity contribution in [1.29, 1.82) is 0 Å². The van der Waals surface area contributed by atoms with Crippen molar-refractivity contribution in [2.75, 3.05) is 0 Å². The van der Waals surface area contributed by atoms with Gasteiger partial charge in [0.25, 0.3) is 0 Å². The van der Waals surface area contributed by atoms with E-state index in [4.69, 9.17) is 0 Å². The van der Waals surface area contributed by atoms with Gasteiger partial charge in [-0.15, -0.1) is 0 Å². The second-order valence-electron chi connectivity index (χ2n) is 5.53. The molecule has 1 aliphatic heterocycles. The van der Waals surface area contributed by atoms with E-state index in [2.05, 4.69) is 49.4 Å². The molecule has 18 heavy (non-hydrogen) atoms.